The Morgan fingerprint density at radius 2 is 1.73 bits per heavy atom. The lowest BCUT2D eigenvalue weighted by molar-refractivity contribution is -0.155. The van der Waals surface area contributed by atoms with Gasteiger partial charge in [0.15, 0.2) is 0 Å². The van der Waals surface area contributed by atoms with Gasteiger partial charge >= 0.3 is 12.1 Å². The third-order valence-electron chi connectivity index (χ3n) is 4.20. The van der Waals surface area contributed by atoms with E-state index in [4.69, 9.17) is 5.11 Å². The fourth-order valence-electron chi connectivity index (χ4n) is 2.80. The number of piperidine rings is 1. The summed E-state index contributed by atoms with van der Waals surface area (Å²) in [5, 5.41) is 29.0. The molecule has 0 aromatic heterocycles. The molecule has 0 aliphatic carbocycles. The molecular formula is C15H18FNO5. The maximum Gasteiger partial charge on any atom is 0.407 e. The Balaban J connectivity index is 2.12. The molecule has 1 aliphatic heterocycles. The van der Waals surface area contributed by atoms with Gasteiger partial charge in [0.25, 0.3) is 0 Å². The number of aliphatic carboxylic acids is 1. The third-order valence-corrected chi connectivity index (χ3v) is 4.20. The number of aliphatic hydroxyl groups is 1. The van der Waals surface area contributed by atoms with Gasteiger partial charge in [-0.05, 0) is 37.0 Å². The van der Waals surface area contributed by atoms with Gasteiger partial charge in [0.05, 0.1) is 11.5 Å². The highest BCUT2D eigenvalue weighted by Crippen LogP contribution is 2.32. The van der Waals surface area contributed by atoms with Crippen molar-refractivity contribution in [1.29, 1.82) is 0 Å². The van der Waals surface area contributed by atoms with Crippen LogP contribution in [0.2, 0.25) is 0 Å². The van der Waals surface area contributed by atoms with Gasteiger partial charge in [0.1, 0.15) is 5.82 Å². The van der Waals surface area contributed by atoms with Crippen LogP contribution in [0.15, 0.2) is 24.3 Å². The summed E-state index contributed by atoms with van der Waals surface area (Å²) in [6.07, 6.45) is -0.874. The van der Waals surface area contributed by atoms with Crippen LogP contribution in [0.4, 0.5) is 9.18 Å². The highest BCUT2D eigenvalue weighted by Gasteiger charge is 2.44. The number of hydrogen-bond donors (Lipinski definition) is 3. The number of nitrogens with zero attached hydrogens (tertiary/aromatic N) is 1. The largest absolute Gasteiger partial charge is 0.481 e. The minimum atomic E-state index is -1.47. The van der Waals surface area contributed by atoms with E-state index in [1.165, 1.54) is 24.3 Å². The van der Waals surface area contributed by atoms with Crippen LogP contribution in [-0.4, -0.2) is 51.0 Å². The molecule has 1 aliphatic rings. The lowest BCUT2D eigenvalue weighted by atomic mass is 9.76. The Labute approximate surface area is 126 Å². The van der Waals surface area contributed by atoms with Crippen molar-refractivity contribution in [3.63, 3.8) is 0 Å². The fourth-order valence-corrected chi connectivity index (χ4v) is 2.80. The van der Waals surface area contributed by atoms with E-state index >= 15 is 0 Å². The average Bonchev–Trinajstić information content (AvgIpc) is 2.46. The molecule has 120 valence electrons. The summed E-state index contributed by atoms with van der Waals surface area (Å²) in [7, 11) is 0. The number of halogens is 1. The van der Waals surface area contributed by atoms with Crippen molar-refractivity contribution in [3.05, 3.63) is 35.6 Å². The Bertz CT molecular complexity index is 552. The Hall–Kier alpha value is -2.15. The van der Waals surface area contributed by atoms with Crippen molar-refractivity contribution >= 4 is 12.1 Å². The molecule has 1 aromatic carbocycles. The zero-order chi connectivity index (χ0) is 16.3. The Kier molecular flexibility index (Phi) is 4.65. The van der Waals surface area contributed by atoms with Crippen LogP contribution in [0.3, 0.4) is 0 Å². The summed E-state index contributed by atoms with van der Waals surface area (Å²) in [6, 6.07) is 5.46. The van der Waals surface area contributed by atoms with E-state index in [2.05, 4.69) is 0 Å². The van der Waals surface area contributed by atoms with Crippen LogP contribution in [0.1, 0.15) is 18.4 Å². The molecule has 2 rings (SSSR count). The molecule has 3 N–H and O–H groups in total. The zero-order valence-electron chi connectivity index (χ0n) is 11.9. The topological polar surface area (TPSA) is 98.1 Å². The number of carboxylic acid groups (broad SMARTS) is 2. The summed E-state index contributed by atoms with van der Waals surface area (Å²) < 4.78 is 12.9. The van der Waals surface area contributed by atoms with Gasteiger partial charge in [-0.1, -0.05) is 12.1 Å². The smallest absolute Gasteiger partial charge is 0.407 e. The van der Waals surface area contributed by atoms with Gasteiger partial charge in [-0.25, -0.2) is 9.18 Å². The Morgan fingerprint density at radius 1 is 1.18 bits per heavy atom. The second-order valence-corrected chi connectivity index (χ2v) is 5.59. The van der Waals surface area contributed by atoms with Crippen molar-refractivity contribution in [2.45, 2.75) is 24.9 Å². The van der Waals surface area contributed by atoms with E-state index in [0.29, 0.717) is 5.56 Å². The molecule has 1 aromatic rings. The van der Waals surface area contributed by atoms with Crippen LogP contribution in [0.25, 0.3) is 0 Å². The molecular weight excluding hydrogens is 293 g/mol. The predicted molar refractivity (Wildman–Crippen MR) is 75.0 cm³/mol. The average molecular weight is 311 g/mol. The first kappa shape index (κ1) is 16.2. The molecule has 0 radical (unpaired) electrons. The van der Waals surface area contributed by atoms with Crippen molar-refractivity contribution in [2.24, 2.45) is 5.92 Å². The van der Waals surface area contributed by atoms with E-state index in [9.17, 15) is 24.2 Å². The van der Waals surface area contributed by atoms with Crippen LogP contribution in [0.5, 0.6) is 0 Å². The predicted octanol–water partition coefficient (Wildman–Crippen LogP) is 1.57. The number of likely N-dealkylation sites (tertiary alicyclic amines) is 1. The van der Waals surface area contributed by atoms with E-state index in [0.717, 1.165) is 4.90 Å². The molecule has 1 fully saturated rings. The number of amides is 1. The molecule has 7 heteroatoms. The molecule has 0 spiro atoms. The van der Waals surface area contributed by atoms with Gasteiger partial charge in [-0.15, -0.1) is 0 Å². The molecule has 22 heavy (non-hydrogen) atoms. The number of hydrogen-bond acceptors (Lipinski definition) is 3. The van der Waals surface area contributed by atoms with Crippen LogP contribution < -0.4 is 0 Å². The second kappa shape index (κ2) is 6.31. The molecule has 0 saturated carbocycles. The minimum absolute atomic E-state index is 0.0669. The molecule has 1 amide bonds. The van der Waals surface area contributed by atoms with Crippen molar-refractivity contribution < 1.29 is 29.3 Å². The maximum absolute atomic E-state index is 12.9. The third kappa shape index (κ3) is 3.54. The van der Waals surface area contributed by atoms with E-state index < -0.39 is 29.4 Å². The first-order valence-electron chi connectivity index (χ1n) is 6.99. The lowest BCUT2D eigenvalue weighted by Crippen LogP contribution is -2.52. The summed E-state index contributed by atoms with van der Waals surface area (Å²) in [5.74, 6) is -2.62. The first-order valence-corrected chi connectivity index (χ1v) is 6.99. The first-order chi connectivity index (χ1) is 10.3. The molecule has 1 saturated heterocycles. The quantitative estimate of drug-likeness (QED) is 0.784. The monoisotopic (exact) mass is 311 g/mol. The van der Waals surface area contributed by atoms with Gasteiger partial charge in [-0.3, -0.25) is 4.79 Å². The second-order valence-electron chi connectivity index (χ2n) is 5.59. The number of carboxylic acids is 1. The lowest BCUT2D eigenvalue weighted by Gasteiger charge is -2.40. The van der Waals surface area contributed by atoms with Crippen LogP contribution >= 0.6 is 0 Å². The summed E-state index contributed by atoms with van der Waals surface area (Å²) in [5.41, 5.74) is -0.852. The van der Waals surface area contributed by atoms with Gasteiger partial charge in [0.2, 0.25) is 0 Å². The number of benzene rings is 1. The fraction of sp³-hybridized carbons (Fsp3) is 0.467. The number of rotatable bonds is 4. The van der Waals surface area contributed by atoms with Gasteiger partial charge in [0, 0.05) is 13.1 Å². The standard InChI is InChI=1S/C15H18FNO5/c16-11-3-1-10(2-4-11)9-12(13(18)19)15(22)5-7-17(8-6-15)14(20)21/h1-4,12,22H,5-9H2,(H,18,19)(H,20,21). The molecule has 1 heterocycles. The SMILES string of the molecule is O=C(O)C(Cc1ccc(F)cc1)C1(O)CCN(C(=O)O)CC1. The van der Waals surface area contributed by atoms with E-state index in [-0.39, 0.29) is 32.4 Å². The molecule has 1 atom stereocenters. The Morgan fingerprint density at radius 3 is 2.18 bits per heavy atom. The zero-order valence-corrected chi connectivity index (χ0v) is 11.9. The van der Waals surface area contributed by atoms with E-state index in [1.54, 1.807) is 0 Å². The molecule has 6 nitrogen and oxygen atoms in total. The molecule has 0 bridgehead atoms. The highest BCUT2D eigenvalue weighted by molar-refractivity contribution is 5.72. The summed E-state index contributed by atoms with van der Waals surface area (Å²) in [4.78, 5) is 23.6. The molecule has 1 unspecified atom stereocenters. The van der Waals surface area contributed by atoms with Crippen LogP contribution in [0, 0.1) is 11.7 Å². The van der Waals surface area contributed by atoms with Crippen molar-refractivity contribution in [1.82, 2.24) is 4.90 Å². The maximum atomic E-state index is 12.9. The van der Waals surface area contributed by atoms with Crippen molar-refractivity contribution in [2.75, 3.05) is 13.1 Å². The minimum Gasteiger partial charge on any atom is -0.481 e. The summed E-state index contributed by atoms with van der Waals surface area (Å²) >= 11 is 0. The van der Waals surface area contributed by atoms with Crippen LogP contribution in [-0.2, 0) is 11.2 Å². The number of carbonyl (C=O) groups is 2. The van der Waals surface area contributed by atoms with E-state index in [1.807, 2.05) is 0 Å². The highest BCUT2D eigenvalue weighted by atomic mass is 19.1. The summed E-state index contributed by atoms with van der Waals surface area (Å²) in [6.45, 7) is 0.193. The van der Waals surface area contributed by atoms with Gasteiger partial charge in [-0.2, -0.15) is 0 Å². The van der Waals surface area contributed by atoms with Gasteiger partial charge < -0.3 is 20.2 Å². The normalized spacial score (nSPS) is 18.7. The van der Waals surface area contributed by atoms with Crippen molar-refractivity contribution in [3.8, 4) is 0 Å².